The van der Waals surface area contributed by atoms with Crippen LogP contribution >= 0.6 is 21.6 Å². The predicted octanol–water partition coefficient (Wildman–Crippen LogP) is 1.53. The van der Waals surface area contributed by atoms with Crippen LogP contribution in [0.25, 0.3) is 10.8 Å². The molecule has 0 heterocycles. The third kappa shape index (κ3) is 2.43. The molecule has 5 heteroatoms. The second kappa shape index (κ2) is 4.66. The quantitative estimate of drug-likeness (QED) is 0.673. The molecular formula is C11H9BrClFIO-. The van der Waals surface area contributed by atoms with Crippen molar-refractivity contribution in [3.63, 3.8) is 0 Å². The van der Waals surface area contributed by atoms with Crippen LogP contribution in [0.3, 0.4) is 0 Å². The van der Waals surface area contributed by atoms with Crippen molar-refractivity contribution >= 4 is 32.4 Å². The molecule has 0 aliphatic rings. The van der Waals surface area contributed by atoms with Crippen LogP contribution in [-0.2, 0) is 0 Å². The Bertz CT molecular complexity index is 527. The molecule has 0 bridgehead atoms. The molecule has 0 aromatic heterocycles. The van der Waals surface area contributed by atoms with Gasteiger partial charge in [-0.15, -0.1) is 0 Å². The Morgan fingerprint density at radius 1 is 1.31 bits per heavy atom. The van der Waals surface area contributed by atoms with Crippen molar-refractivity contribution in [2.24, 2.45) is 0 Å². The molecule has 0 saturated carbocycles. The van der Waals surface area contributed by atoms with E-state index in [1.54, 1.807) is 19.2 Å². The maximum atomic E-state index is 13.9. The molecule has 0 aliphatic carbocycles. The molecule has 88 valence electrons. The fourth-order valence-electron chi connectivity index (χ4n) is 1.54. The Labute approximate surface area is 108 Å². The first-order valence-electron chi connectivity index (χ1n) is 4.46. The van der Waals surface area contributed by atoms with Gasteiger partial charge in [-0.1, -0.05) is 0 Å². The van der Waals surface area contributed by atoms with Crippen LogP contribution in [0.1, 0.15) is 0 Å². The van der Waals surface area contributed by atoms with Crippen molar-refractivity contribution < 1.29 is 23.2 Å². The first kappa shape index (κ1) is 12.4. The summed E-state index contributed by atoms with van der Waals surface area (Å²) in [6.07, 6.45) is 0. The molecule has 0 aliphatic heterocycles. The van der Waals surface area contributed by atoms with Gasteiger partial charge in [-0.3, -0.25) is 0 Å². The van der Waals surface area contributed by atoms with Crippen molar-refractivity contribution in [2.45, 2.75) is 0 Å². The number of rotatable bonds is 2. The van der Waals surface area contributed by atoms with E-state index in [1.165, 1.54) is 0 Å². The van der Waals surface area contributed by atoms with Crippen molar-refractivity contribution in [3.8, 4) is 5.75 Å². The molecule has 0 fully saturated rings. The van der Waals surface area contributed by atoms with Crippen LogP contribution in [-0.4, -0.2) is 7.11 Å². The van der Waals surface area contributed by atoms with Gasteiger partial charge in [0.15, 0.2) is 0 Å². The molecule has 0 radical (unpaired) electrons. The number of hydrogen-bond donors (Lipinski definition) is 0. The molecule has 0 spiro atoms. The summed E-state index contributed by atoms with van der Waals surface area (Å²) in [5, 5.41) is 1.77. The van der Waals surface area contributed by atoms with Gasteiger partial charge in [0.05, 0.1) is 0 Å². The fraction of sp³-hybridized carbons (Fsp3) is 0.0909. The zero-order valence-corrected chi connectivity index (χ0v) is 12.9. The van der Waals surface area contributed by atoms with Gasteiger partial charge < -0.3 is 0 Å². The van der Waals surface area contributed by atoms with Gasteiger partial charge in [0, 0.05) is 0 Å². The monoisotopic (exact) mass is 417 g/mol. The topological polar surface area (TPSA) is 9.23 Å². The normalized spacial score (nSPS) is 16.8. The van der Waals surface area contributed by atoms with Crippen molar-refractivity contribution in [3.05, 3.63) is 40.0 Å². The first-order valence-corrected chi connectivity index (χ1v) is 13.9. The van der Waals surface area contributed by atoms with E-state index in [0.717, 1.165) is 16.5 Å². The van der Waals surface area contributed by atoms with E-state index in [-0.39, 0.29) is 0 Å². The summed E-state index contributed by atoms with van der Waals surface area (Å²) in [4.78, 5) is 0. The molecule has 2 aromatic carbocycles. The van der Waals surface area contributed by atoms with E-state index in [2.05, 4.69) is 12.7 Å². The fourth-order valence-corrected chi connectivity index (χ4v) is 5.89. The number of fused-ring (bicyclic) bond motifs is 1. The van der Waals surface area contributed by atoms with E-state index in [9.17, 15) is 2.86 Å². The molecule has 1 atom stereocenters. The van der Waals surface area contributed by atoms with Crippen molar-refractivity contribution in [1.29, 1.82) is 0 Å². The zero-order chi connectivity index (χ0) is 11.8. The molecule has 0 saturated heterocycles. The molecular weight excluding hydrogens is 409 g/mol. The van der Waals surface area contributed by atoms with E-state index in [1.807, 2.05) is 24.3 Å². The number of methoxy groups -OCH3 is 1. The van der Waals surface area contributed by atoms with Gasteiger partial charge in [0.2, 0.25) is 0 Å². The average Bonchev–Trinajstić information content (AvgIpc) is 2.26. The van der Waals surface area contributed by atoms with Crippen LogP contribution in [0.4, 0.5) is 2.86 Å². The van der Waals surface area contributed by atoms with Gasteiger partial charge in [0.25, 0.3) is 0 Å². The summed E-state index contributed by atoms with van der Waals surface area (Å²) in [7, 11) is 7.41. The van der Waals surface area contributed by atoms with Crippen molar-refractivity contribution in [2.75, 3.05) is 7.11 Å². The number of hydrogen-bond acceptors (Lipinski definition) is 1. The molecule has 16 heavy (non-hydrogen) atoms. The summed E-state index contributed by atoms with van der Waals surface area (Å²) in [6, 6.07) is 11.0. The third-order valence-corrected chi connectivity index (χ3v) is 7.72. The Morgan fingerprint density at radius 2 is 2.06 bits per heavy atom. The molecule has 0 amide bonds. The summed E-state index contributed by atoms with van der Waals surface area (Å²) >= 11 is -0.917. The molecule has 2 aromatic rings. The first-order chi connectivity index (χ1) is 7.52. The number of halogens is 4. The van der Waals surface area contributed by atoms with Crippen LogP contribution < -0.4 is 20.4 Å². The average molecular weight is 418 g/mol. The SMILES string of the molecule is COc1ccc2c([I-](F)(Cl)Br)cccc2c1. The van der Waals surface area contributed by atoms with E-state index < -0.39 is 15.7 Å². The number of benzene rings is 2. The second-order valence-electron chi connectivity index (χ2n) is 3.20. The molecule has 0 N–H and O–H groups in total. The summed E-state index contributed by atoms with van der Waals surface area (Å²) < 4.78 is 19.6. The van der Waals surface area contributed by atoms with Crippen molar-refractivity contribution in [1.82, 2.24) is 0 Å². The van der Waals surface area contributed by atoms with E-state index >= 15 is 0 Å². The Morgan fingerprint density at radius 3 is 2.69 bits per heavy atom. The minimum absolute atomic E-state index is 0.578. The van der Waals surface area contributed by atoms with Gasteiger partial charge in [-0.05, 0) is 0 Å². The van der Waals surface area contributed by atoms with Gasteiger partial charge >= 0.3 is 108 Å². The zero-order valence-electron chi connectivity index (χ0n) is 8.38. The molecule has 1 nitrogen and oxygen atoms in total. The maximum absolute atomic E-state index is 13.9. The molecule has 2 rings (SSSR count). The molecule has 1 unspecified atom stereocenters. The van der Waals surface area contributed by atoms with Gasteiger partial charge in [0.1, 0.15) is 0 Å². The minimum atomic E-state index is -3.91. The number of ether oxygens (including phenoxy) is 1. The summed E-state index contributed by atoms with van der Waals surface area (Å²) in [5.41, 5.74) is 0. The van der Waals surface area contributed by atoms with Gasteiger partial charge in [-0.2, -0.15) is 0 Å². The van der Waals surface area contributed by atoms with Crippen LogP contribution in [0.15, 0.2) is 36.4 Å². The Kier molecular flexibility index (Phi) is 3.61. The van der Waals surface area contributed by atoms with Crippen LogP contribution in [0, 0.1) is 3.57 Å². The second-order valence-corrected chi connectivity index (χ2v) is 17.0. The van der Waals surface area contributed by atoms with E-state index in [0.29, 0.717) is 3.57 Å². The summed E-state index contributed by atoms with van der Waals surface area (Å²) in [5.74, 6) is 0.754. The van der Waals surface area contributed by atoms with E-state index in [4.69, 9.17) is 13.6 Å². The standard InChI is InChI=1S/C11H9BrClFIO/c1-16-9-5-6-10-8(7-9)3-2-4-11(10)15(12,13)14/h2-7H,1H3/q-1. The third-order valence-electron chi connectivity index (χ3n) is 2.27. The van der Waals surface area contributed by atoms with Crippen LogP contribution in [0.2, 0.25) is 0 Å². The Balaban J connectivity index is 2.70. The van der Waals surface area contributed by atoms with Gasteiger partial charge in [-0.25, -0.2) is 0 Å². The Hall–Kier alpha value is -0.0700. The summed E-state index contributed by atoms with van der Waals surface area (Å²) in [6.45, 7) is 0. The predicted molar refractivity (Wildman–Crippen MR) is 65.1 cm³/mol. The van der Waals surface area contributed by atoms with Crippen LogP contribution in [0.5, 0.6) is 5.75 Å².